The number of carboxylic acid groups (broad SMARTS) is 1. The number of halogens is 1. The SMILES string of the molecule is CCn1nc(Cl)c2cccc(CC(=O)O)c21. The van der Waals surface area contributed by atoms with Gasteiger partial charge < -0.3 is 5.11 Å². The molecule has 2 rings (SSSR count). The summed E-state index contributed by atoms with van der Waals surface area (Å²) in [5.74, 6) is -0.854. The Hall–Kier alpha value is -1.55. The summed E-state index contributed by atoms with van der Waals surface area (Å²) >= 11 is 5.99. The molecule has 1 aromatic heterocycles. The molecule has 1 heterocycles. The van der Waals surface area contributed by atoms with Crippen molar-refractivity contribution < 1.29 is 9.90 Å². The number of fused-ring (bicyclic) bond motifs is 1. The molecule has 0 aliphatic carbocycles. The van der Waals surface area contributed by atoms with Crippen LogP contribution in [0, 0.1) is 0 Å². The molecule has 0 fully saturated rings. The lowest BCUT2D eigenvalue weighted by molar-refractivity contribution is -0.136. The number of carboxylic acids is 1. The molecule has 0 aliphatic rings. The van der Waals surface area contributed by atoms with Crippen LogP contribution in [0.2, 0.25) is 5.15 Å². The number of hydrogen-bond acceptors (Lipinski definition) is 2. The van der Waals surface area contributed by atoms with Gasteiger partial charge in [-0.2, -0.15) is 5.10 Å². The second-order valence-electron chi connectivity index (χ2n) is 3.49. The van der Waals surface area contributed by atoms with Crippen molar-refractivity contribution in [2.24, 2.45) is 0 Å². The first kappa shape index (κ1) is 11.0. The molecule has 0 atom stereocenters. The van der Waals surface area contributed by atoms with E-state index in [2.05, 4.69) is 5.10 Å². The predicted molar refractivity (Wildman–Crippen MR) is 61.8 cm³/mol. The third-order valence-corrected chi connectivity index (χ3v) is 2.73. The molecule has 0 saturated heterocycles. The van der Waals surface area contributed by atoms with E-state index in [1.54, 1.807) is 16.8 Å². The van der Waals surface area contributed by atoms with Crippen molar-refractivity contribution in [1.29, 1.82) is 0 Å². The molecule has 0 amide bonds. The van der Waals surface area contributed by atoms with Gasteiger partial charge in [-0.1, -0.05) is 23.7 Å². The second-order valence-corrected chi connectivity index (χ2v) is 3.85. The lowest BCUT2D eigenvalue weighted by atomic mass is 10.1. The summed E-state index contributed by atoms with van der Waals surface area (Å²) in [6, 6.07) is 5.44. The first-order chi connectivity index (χ1) is 7.63. The molecule has 0 aliphatic heterocycles. The maximum atomic E-state index is 10.8. The molecule has 4 nitrogen and oxygen atoms in total. The smallest absolute Gasteiger partial charge is 0.307 e. The van der Waals surface area contributed by atoms with Gasteiger partial charge in [0.05, 0.1) is 11.9 Å². The molecule has 0 radical (unpaired) electrons. The lowest BCUT2D eigenvalue weighted by Crippen LogP contribution is -2.04. The first-order valence-corrected chi connectivity index (χ1v) is 5.37. The minimum absolute atomic E-state index is 0.0145. The Kier molecular flexibility index (Phi) is 2.83. The van der Waals surface area contributed by atoms with E-state index in [9.17, 15) is 4.79 Å². The number of aliphatic carboxylic acids is 1. The van der Waals surface area contributed by atoms with Crippen LogP contribution in [0.15, 0.2) is 18.2 Å². The zero-order valence-corrected chi connectivity index (χ0v) is 9.53. The van der Waals surface area contributed by atoms with Gasteiger partial charge >= 0.3 is 5.97 Å². The van der Waals surface area contributed by atoms with Crippen LogP contribution in [-0.4, -0.2) is 20.9 Å². The van der Waals surface area contributed by atoms with E-state index >= 15 is 0 Å². The fourth-order valence-electron chi connectivity index (χ4n) is 1.81. The molecule has 1 aromatic carbocycles. The maximum Gasteiger partial charge on any atom is 0.307 e. The molecular formula is C11H11ClN2O2. The van der Waals surface area contributed by atoms with Crippen LogP contribution in [0.4, 0.5) is 0 Å². The van der Waals surface area contributed by atoms with Crippen molar-refractivity contribution in [3.05, 3.63) is 28.9 Å². The number of rotatable bonds is 3. The summed E-state index contributed by atoms with van der Waals surface area (Å²) in [6.07, 6.45) is -0.0145. The summed E-state index contributed by atoms with van der Waals surface area (Å²) < 4.78 is 1.73. The third-order valence-electron chi connectivity index (χ3n) is 2.45. The quantitative estimate of drug-likeness (QED) is 0.893. The zero-order valence-electron chi connectivity index (χ0n) is 8.77. The molecular weight excluding hydrogens is 228 g/mol. The van der Waals surface area contributed by atoms with Crippen molar-refractivity contribution in [3.8, 4) is 0 Å². The first-order valence-electron chi connectivity index (χ1n) is 4.99. The van der Waals surface area contributed by atoms with Crippen molar-refractivity contribution in [3.63, 3.8) is 0 Å². The molecule has 5 heteroatoms. The summed E-state index contributed by atoms with van der Waals surface area (Å²) in [6.45, 7) is 2.61. The van der Waals surface area contributed by atoms with Gasteiger partial charge in [-0.05, 0) is 18.6 Å². The Bertz CT molecular complexity index is 548. The monoisotopic (exact) mass is 238 g/mol. The average Bonchev–Trinajstić information content (AvgIpc) is 2.56. The molecule has 2 aromatic rings. The van der Waals surface area contributed by atoms with Gasteiger partial charge in [-0.15, -0.1) is 0 Å². The van der Waals surface area contributed by atoms with E-state index < -0.39 is 5.97 Å². The van der Waals surface area contributed by atoms with Crippen molar-refractivity contribution in [2.45, 2.75) is 19.9 Å². The van der Waals surface area contributed by atoms with Crippen molar-refractivity contribution in [1.82, 2.24) is 9.78 Å². The summed E-state index contributed by atoms with van der Waals surface area (Å²) in [7, 11) is 0. The summed E-state index contributed by atoms with van der Waals surface area (Å²) in [4.78, 5) is 10.8. The van der Waals surface area contributed by atoms with Crippen molar-refractivity contribution in [2.75, 3.05) is 0 Å². The largest absolute Gasteiger partial charge is 0.481 e. The highest BCUT2D eigenvalue weighted by Gasteiger charge is 2.13. The highest BCUT2D eigenvalue weighted by Crippen LogP contribution is 2.26. The van der Waals surface area contributed by atoms with Gasteiger partial charge in [-0.3, -0.25) is 9.48 Å². The summed E-state index contributed by atoms with van der Waals surface area (Å²) in [5.41, 5.74) is 1.56. The number of hydrogen-bond donors (Lipinski definition) is 1. The van der Waals surface area contributed by atoms with Crippen LogP contribution >= 0.6 is 11.6 Å². The minimum atomic E-state index is -0.854. The molecule has 16 heavy (non-hydrogen) atoms. The van der Waals surface area contributed by atoms with E-state index in [1.165, 1.54) is 0 Å². The highest BCUT2D eigenvalue weighted by atomic mass is 35.5. The van der Waals surface area contributed by atoms with Crippen LogP contribution in [0.5, 0.6) is 0 Å². The highest BCUT2D eigenvalue weighted by molar-refractivity contribution is 6.34. The van der Waals surface area contributed by atoms with Gasteiger partial charge in [0.2, 0.25) is 0 Å². The van der Waals surface area contributed by atoms with E-state index in [4.69, 9.17) is 16.7 Å². The molecule has 0 spiro atoms. The van der Waals surface area contributed by atoms with Crippen LogP contribution in [0.1, 0.15) is 12.5 Å². The molecule has 0 bridgehead atoms. The van der Waals surface area contributed by atoms with Crippen LogP contribution < -0.4 is 0 Å². The average molecular weight is 239 g/mol. The van der Waals surface area contributed by atoms with E-state index in [0.29, 0.717) is 11.7 Å². The Balaban J connectivity index is 2.69. The molecule has 1 N–H and O–H groups in total. The van der Waals surface area contributed by atoms with E-state index in [1.807, 2.05) is 13.0 Å². The molecule has 0 unspecified atom stereocenters. The number of aromatic nitrogens is 2. The van der Waals surface area contributed by atoms with Gasteiger partial charge in [0.15, 0.2) is 5.15 Å². The molecule has 0 saturated carbocycles. The fourth-order valence-corrected chi connectivity index (χ4v) is 2.05. The van der Waals surface area contributed by atoms with E-state index in [0.717, 1.165) is 16.5 Å². The number of carbonyl (C=O) groups is 1. The summed E-state index contributed by atoms with van der Waals surface area (Å²) in [5, 5.41) is 14.2. The number of para-hydroxylation sites is 1. The number of nitrogens with zero attached hydrogens (tertiary/aromatic N) is 2. The van der Waals surface area contributed by atoms with Crippen molar-refractivity contribution >= 4 is 28.5 Å². The Morgan fingerprint density at radius 1 is 1.56 bits per heavy atom. The Labute approximate surface area is 97.4 Å². The maximum absolute atomic E-state index is 10.8. The normalized spacial score (nSPS) is 10.9. The lowest BCUT2D eigenvalue weighted by Gasteiger charge is -2.03. The van der Waals surface area contributed by atoms with Crippen LogP contribution in [0.25, 0.3) is 10.9 Å². The van der Waals surface area contributed by atoms with Gasteiger partial charge in [0.1, 0.15) is 0 Å². The van der Waals surface area contributed by atoms with Gasteiger partial charge in [-0.25, -0.2) is 0 Å². The van der Waals surface area contributed by atoms with Gasteiger partial charge in [0, 0.05) is 11.9 Å². The van der Waals surface area contributed by atoms with Crippen LogP contribution in [-0.2, 0) is 17.8 Å². The Morgan fingerprint density at radius 3 is 2.94 bits per heavy atom. The third kappa shape index (κ3) is 1.76. The predicted octanol–water partition coefficient (Wildman–Crippen LogP) is 2.34. The minimum Gasteiger partial charge on any atom is -0.481 e. The zero-order chi connectivity index (χ0) is 11.7. The van der Waals surface area contributed by atoms with Gasteiger partial charge in [0.25, 0.3) is 0 Å². The number of aryl methyl sites for hydroxylation is 1. The standard InChI is InChI=1S/C11H11ClN2O2/c1-2-14-10-7(6-9(15)16)4-3-5-8(10)11(12)13-14/h3-5H,2,6H2,1H3,(H,15,16). The second kappa shape index (κ2) is 4.14. The fraction of sp³-hybridized carbons (Fsp3) is 0.273. The topological polar surface area (TPSA) is 55.1 Å². The Morgan fingerprint density at radius 2 is 2.31 bits per heavy atom. The molecule has 84 valence electrons. The van der Waals surface area contributed by atoms with E-state index in [-0.39, 0.29) is 6.42 Å². The number of benzene rings is 1. The van der Waals surface area contributed by atoms with Crippen LogP contribution in [0.3, 0.4) is 0 Å².